The number of hydrogen-bond acceptors (Lipinski definition) is 3. The standard InChI is InChI=1S/C19H21ClN2O3/c1-3-25-17-10-8-16(9-11-17)22-19(24)12-18(21-13(2)23)14-4-6-15(20)7-5-14/h4-11,18H,3,12H2,1-2H3,(H,21,23)(H,22,24). The van der Waals surface area contributed by atoms with E-state index in [2.05, 4.69) is 10.6 Å². The van der Waals surface area contributed by atoms with Crippen LogP contribution in [0.3, 0.4) is 0 Å². The fourth-order valence-corrected chi connectivity index (χ4v) is 2.52. The predicted octanol–water partition coefficient (Wildman–Crippen LogP) is 3.94. The summed E-state index contributed by atoms with van der Waals surface area (Å²) in [5.74, 6) is 0.351. The van der Waals surface area contributed by atoms with E-state index >= 15 is 0 Å². The maximum Gasteiger partial charge on any atom is 0.226 e. The summed E-state index contributed by atoms with van der Waals surface area (Å²) in [6.07, 6.45) is 0.119. The molecular formula is C19H21ClN2O3. The third kappa shape index (κ3) is 6.12. The van der Waals surface area contributed by atoms with Crippen LogP contribution in [0.1, 0.15) is 31.9 Å². The number of benzene rings is 2. The number of rotatable bonds is 7. The van der Waals surface area contributed by atoms with Crippen LogP contribution in [0.2, 0.25) is 5.02 Å². The number of ether oxygens (including phenoxy) is 1. The van der Waals surface area contributed by atoms with Crippen LogP contribution in [-0.4, -0.2) is 18.4 Å². The first-order valence-electron chi connectivity index (χ1n) is 8.03. The largest absolute Gasteiger partial charge is 0.494 e. The molecule has 1 unspecified atom stereocenters. The van der Waals surface area contributed by atoms with Gasteiger partial charge in [0.2, 0.25) is 11.8 Å². The van der Waals surface area contributed by atoms with Gasteiger partial charge in [-0.25, -0.2) is 0 Å². The molecule has 0 aromatic heterocycles. The summed E-state index contributed by atoms with van der Waals surface area (Å²) in [5, 5.41) is 6.22. The van der Waals surface area contributed by atoms with E-state index in [0.717, 1.165) is 11.3 Å². The Morgan fingerprint density at radius 3 is 2.28 bits per heavy atom. The molecule has 0 fully saturated rings. The second kappa shape index (κ2) is 9.08. The molecule has 0 heterocycles. The van der Waals surface area contributed by atoms with Crippen LogP contribution in [-0.2, 0) is 9.59 Å². The van der Waals surface area contributed by atoms with Gasteiger partial charge in [-0.05, 0) is 48.9 Å². The zero-order valence-corrected chi connectivity index (χ0v) is 15.0. The Morgan fingerprint density at radius 2 is 1.72 bits per heavy atom. The van der Waals surface area contributed by atoms with Crippen molar-refractivity contribution in [2.24, 2.45) is 0 Å². The molecule has 0 bridgehead atoms. The van der Waals surface area contributed by atoms with Gasteiger partial charge in [-0.3, -0.25) is 9.59 Å². The van der Waals surface area contributed by atoms with Crippen LogP contribution in [0.5, 0.6) is 5.75 Å². The maximum atomic E-state index is 12.3. The minimum atomic E-state index is -0.419. The highest BCUT2D eigenvalue weighted by Gasteiger charge is 2.17. The van der Waals surface area contributed by atoms with Gasteiger partial charge in [0.15, 0.2) is 0 Å². The van der Waals surface area contributed by atoms with Crippen LogP contribution in [0.25, 0.3) is 0 Å². The molecule has 0 radical (unpaired) electrons. The minimum absolute atomic E-state index is 0.119. The average Bonchev–Trinajstić information content (AvgIpc) is 2.56. The molecule has 2 rings (SSSR count). The summed E-state index contributed by atoms with van der Waals surface area (Å²) in [6, 6.07) is 13.8. The molecule has 2 aromatic carbocycles. The molecule has 25 heavy (non-hydrogen) atoms. The van der Waals surface area contributed by atoms with Crippen LogP contribution in [0, 0.1) is 0 Å². The normalized spacial score (nSPS) is 11.5. The second-order valence-corrected chi connectivity index (χ2v) is 5.95. The first-order valence-corrected chi connectivity index (χ1v) is 8.41. The van der Waals surface area contributed by atoms with Crippen LogP contribution in [0.15, 0.2) is 48.5 Å². The minimum Gasteiger partial charge on any atom is -0.494 e. The lowest BCUT2D eigenvalue weighted by Gasteiger charge is -2.18. The fourth-order valence-electron chi connectivity index (χ4n) is 2.39. The molecule has 2 N–H and O–H groups in total. The van der Waals surface area contributed by atoms with Crippen molar-refractivity contribution < 1.29 is 14.3 Å². The Kier molecular flexibility index (Phi) is 6.83. The molecule has 0 aliphatic rings. The molecule has 0 saturated carbocycles. The number of halogens is 1. The van der Waals surface area contributed by atoms with Crippen LogP contribution < -0.4 is 15.4 Å². The summed E-state index contributed by atoms with van der Waals surface area (Å²) in [7, 11) is 0. The number of nitrogens with one attached hydrogen (secondary N) is 2. The van der Waals surface area contributed by atoms with Crippen molar-refractivity contribution in [1.82, 2.24) is 5.32 Å². The summed E-state index contributed by atoms with van der Waals surface area (Å²) in [5.41, 5.74) is 1.49. The van der Waals surface area contributed by atoms with Crippen molar-refractivity contribution in [1.29, 1.82) is 0 Å². The van der Waals surface area contributed by atoms with Crippen molar-refractivity contribution in [2.45, 2.75) is 26.3 Å². The van der Waals surface area contributed by atoms with E-state index in [4.69, 9.17) is 16.3 Å². The average molecular weight is 361 g/mol. The Labute approximate surface area is 152 Å². The molecule has 5 nitrogen and oxygen atoms in total. The molecule has 0 spiro atoms. The zero-order valence-electron chi connectivity index (χ0n) is 14.2. The van der Waals surface area contributed by atoms with Crippen molar-refractivity contribution in [3.05, 3.63) is 59.1 Å². The first-order chi connectivity index (χ1) is 12.0. The molecule has 0 aliphatic heterocycles. The van der Waals surface area contributed by atoms with Gasteiger partial charge in [-0.1, -0.05) is 23.7 Å². The van der Waals surface area contributed by atoms with E-state index in [1.54, 1.807) is 48.5 Å². The fraction of sp³-hybridized carbons (Fsp3) is 0.263. The number of hydrogen-bond donors (Lipinski definition) is 2. The van der Waals surface area contributed by atoms with Gasteiger partial charge in [0.1, 0.15) is 5.75 Å². The summed E-state index contributed by atoms with van der Waals surface area (Å²) in [6.45, 7) is 3.92. The van der Waals surface area contributed by atoms with Gasteiger partial charge in [0.25, 0.3) is 0 Å². The molecule has 1 atom stereocenters. The van der Waals surface area contributed by atoms with Crippen LogP contribution >= 0.6 is 11.6 Å². The van der Waals surface area contributed by atoms with E-state index in [1.165, 1.54) is 6.92 Å². The number of anilines is 1. The van der Waals surface area contributed by atoms with E-state index in [0.29, 0.717) is 17.3 Å². The third-order valence-electron chi connectivity index (χ3n) is 3.49. The van der Waals surface area contributed by atoms with Crippen molar-refractivity contribution in [3.8, 4) is 5.75 Å². The lowest BCUT2D eigenvalue weighted by molar-refractivity contribution is -0.120. The highest BCUT2D eigenvalue weighted by atomic mass is 35.5. The van der Waals surface area contributed by atoms with Crippen LogP contribution in [0.4, 0.5) is 5.69 Å². The highest BCUT2D eigenvalue weighted by Crippen LogP contribution is 2.21. The highest BCUT2D eigenvalue weighted by molar-refractivity contribution is 6.30. The lowest BCUT2D eigenvalue weighted by Crippen LogP contribution is -2.29. The third-order valence-corrected chi connectivity index (χ3v) is 3.74. The molecule has 2 amide bonds. The van der Waals surface area contributed by atoms with Gasteiger partial charge in [0, 0.05) is 17.6 Å². The zero-order chi connectivity index (χ0) is 18.2. The predicted molar refractivity (Wildman–Crippen MR) is 98.9 cm³/mol. The van der Waals surface area contributed by atoms with Gasteiger partial charge >= 0.3 is 0 Å². The molecule has 0 saturated heterocycles. The van der Waals surface area contributed by atoms with Crippen molar-refractivity contribution in [2.75, 3.05) is 11.9 Å². The summed E-state index contributed by atoms with van der Waals surface area (Å²) >= 11 is 5.89. The smallest absolute Gasteiger partial charge is 0.226 e. The molecule has 2 aromatic rings. The number of carbonyl (C=O) groups is 2. The summed E-state index contributed by atoms with van der Waals surface area (Å²) < 4.78 is 5.37. The molecule has 6 heteroatoms. The monoisotopic (exact) mass is 360 g/mol. The van der Waals surface area contributed by atoms with Gasteiger partial charge in [0.05, 0.1) is 19.1 Å². The second-order valence-electron chi connectivity index (χ2n) is 5.51. The topological polar surface area (TPSA) is 67.4 Å². The Bertz CT molecular complexity index is 714. The first kappa shape index (κ1) is 18.8. The molecule has 0 aliphatic carbocycles. The van der Waals surface area contributed by atoms with E-state index in [-0.39, 0.29) is 18.2 Å². The SMILES string of the molecule is CCOc1ccc(NC(=O)CC(NC(C)=O)c2ccc(Cl)cc2)cc1. The van der Waals surface area contributed by atoms with E-state index < -0.39 is 6.04 Å². The Hall–Kier alpha value is -2.53. The van der Waals surface area contributed by atoms with Crippen molar-refractivity contribution in [3.63, 3.8) is 0 Å². The molecular weight excluding hydrogens is 340 g/mol. The quantitative estimate of drug-likeness (QED) is 0.785. The number of carbonyl (C=O) groups excluding carboxylic acids is 2. The lowest BCUT2D eigenvalue weighted by atomic mass is 10.0. The Balaban J connectivity index is 2.03. The van der Waals surface area contributed by atoms with Gasteiger partial charge in [-0.2, -0.15) is 0 Å². The van der Waals surface area contributed by atoms with E-state index in [1.807, 2.05) is 6.92 Å². The van der Waals surface area contributed by atoms with Gasteiger partial charge < -0.3 is 15.4 Å². The molecule has 132 valence electrons. The Morgan fingerprint density at radius 1 is 1.08 bits per heavy atom. The van der Waals surface area contributed by atoms with E-state index in [9.17, 15) is 9.59 Å². The summed E-state index contributed by atoms with van der Waals surface area (Å²) in [4.78, 5) is 23.8. The van der Waals surface area contributed by atoms with Crippen molar-refractivity contribution >= 4 is 29.1 Å². The van der Waals surface area contributed by atoms with Gasteiger partial charge in [-0.15, -0.1) is 0 Å². The maximum absolute atomic E-state index is 12.3. The number of amides is 2.